The van der Waals surface area contributed by atoms with E-state index in [0.29, 0.717) is 12.6 Å². The fraction of sp³-hybridized carbons (Fsp3) is 0.917. The molecule has 1 saturated heterocycles. The standard InChI is InChI=1S/C12H25N3O/c1-4-14-10(2)11-5-7-15(8-6-11)9-12(16)13-3/h10-11,14H,4-9H2,1-3H3,(H,13,16). The van der Waals surface area contributed by atoms with Crippen LogP contribution in [0.3, 0.4) is 0 Å². The van der Waals surface area contributed by atoms with Crippen molar-refractivity contribution in [2.45, 2.75) is 32.7 Å². The molecule has 1 atom stereocenters. The van der Waals surface area contributed by atoms with Crippen molar-refractivity contribution in [2.24, 2.45) is 5.92 Å². The van der Waals surface area contributed by atoms with E-state index in [9.17, 15) is 4.79 Å². The number of likely N-dealkylation sites (N-methyl/N-ethyl adjacent to an activating group) is 1. The van der Waals surface area contributed by atoms with Gasteiger partial charge in [-0.1, -0.05) is 6.92 Å². The number of likely N-dealkylation sites (tertiary alicyclic amines) is 1. The summed E-state index contributed by atoms with van der Waals surface area (Å²) in [6, 6.07) is 0.604. The number of hydrogen-bond acceptors (Lipinski definition) is 3. The van der Waals surface area contributed by atoms with Crippen molar-refractivity contribution in [3.05, 3.63) is 0 Å². The minimum absolute atomic E-state index is 0.123. The summed E-state index contributed by atoms with van der Waals surface area (Å²) in [6.45, 7) is 8.11. The van der Waals surface area contributed by atoms with Gasteiger partial charge in [0, 0.05) is 13.1 Å². The number of carbonyl (C=O) groups is 1. The maximum atomic E-state index is 11.2. The first-order valence-corrected chi connectivity index (χ1v) is 6.33. The van der Waals surface area contributed by atoms with Crippen LogP contribution in [0.4, 0.5) is 0 Å². The lowest BCUT2D eigenvalue weighted by molar-refractivity contribution is -0.122. The molecular formula is C12H25N3O. The van der Waals surface area contributed by atoms with Crippen LogP contribution in [0.5, 0.6) is 0 Å². The molecule has 94 valence electrons. The van der Waals surface area contributed by atoms with Gasteiger partial charge in [0.25, 0.3) is 0 Å². The lowest BCUT2D eigenvalue weighted by Crippen LogP contribution is -2.44. The molecule has 0 aromatic carbocycles. The van der Waals surface area contributed by atoms with E-state index in [0.717, 1.165) is 25.6 Å². The summed E-state index contributed by atoms with van der Waals surface area (Å²) in [5.74, 6) is 0.888. The fourth-order valence-corrected chi connectivity index (χ4v) is 2.38. The Morgan fingerprint density at radius 2 is 2.06 bits per heavy atom. The predicted molar refractivity (Wildman–Crippen MR) is 66.4 cm³/mol. The third kappa shape index (κ3) is 4.10. The minimum atomic E-state index is 0.123. The first-order chi connectivity index (χ1) is 7.67. The monoisotopic (exact) mass is 227 g/mol. The van der Waals surface area contributed by atoms with Crippen LogP contribution in [0.25, 0.3) is 0 Å². The molecule has 0 aliphatic carbocycles. The van der Waals surface area contributed by atoms with Crippen LogP contribution in [0.2, 0.25) is 0 Å². The number of carbonyl (C=O) groups excluding carboxylic acids is 1. The maximum absolute atomic E-state index is 11.2. The minimum Gasteiger partial charge on any atom is -0.358 e. The zero-order valence-corrected chi connectivity index (χ0v) is 10.8. The van der Waals surface area contributed by atoms with Crippen molar-refractivity contribution in [2.75, 3.05) is 33.2 Å². The summed E-state index contributed by atoms with van der Waals surface area (Å²) in [7, 11) is 1.70. The van der Waals surface area contributed by atoms with E-state index in [1.54, 1.807) is 7.05 Å². The van der Waals surface area contributed by atoms with Crippen molar-refractivity contribution in [3.63, 3.8) is 0 Å². The first kappa shape index (κ1) is 13.5. The van der Waals surface area contributed by atoms with E-state index in [4.69, 9.17) is 0 Å². The zero-order chi connectivity index (χ0) is 12.0. The van der Waals surface area contributed by atoms with E-state index >= 15 is 0 Å². The van der Waals surface area contributed by atoms with E-state index < -0.39 is 0 Å². The molecular weight excluding hydrogens is 202 g/mol. The van der Waals surface area contributed by atoms with Crippen LogP contribution in [-0.2, 0) is 4.79 Å². The molecule has 1 unspecified atom stereocenters. The number of rotatable bonds is 5. The third-order valence-corrected chi connectivity index (χ3v) is 3.51. The number of nitrogens with zero attached hydrogens (tertiary/aromatic N) is 1. The van der Waals surface area contributed by atoms with Crippen LogP contribution >= 0.6 is 0 Å². The highest BCUT2D eigenvalue weighted by Crippen LogP contribution is 2.20. The Kier molecular flexibility index (Phi) is 5.77. The Labute approximate surface area is 98.8 Å². The molecule has 0 aromatic rings. The maximum Gasteiger partial charge on any atom is 0.233 e. The Morgan fingerprint density at radius 3 is 2.56 bits per heavy atom. The number of piperidine rings is 1. The Morgan fingerprint density at radius 1 is 1.44 bits per heavy atom. The number of amides is 1. The topological polar surface area (TPSA) is 44.4 Å². The van der Waals surface area contributed by atoms with Gasteiger partial charge >= 0.3 is 0 Å². The third-order valence-electron chi connectivity index (χ3n) is 3.51. The Balaban J connectivity index is 2.25. The van der Waals surface area contributed by atoms with Gasteiger partial charge in [0.15, 0.2) is 0 Å². The average Bonchev–Trinajstić information content (AvgIpc) is 2.30. The SMILES string of the molecule is CCNC(C)C1CCN(CC(=O)NC)CC1. The van der Waals surface area contributed by atoms with Gasteiger partial charge in [-0.25, -0.2) is 0 Å². The molecule has 4 nitrogen and oxygen atoms in total. The second kappa shape index (κ2) is 6.86. The molecule has 1 heterocycles. The van der Waals surface area contributed by atoms with Crippen molar-refractivity contribution < 1.29 is 4.79 Å². The number of hydrogen-bond donors (Lipinski definition) is 2. The van der Waals surface area contributed by atoms with Gasteiger partial charge in [0.1, 0.15) is 0 Å². The molecule has 1 fully saturated rings. The summed E-state index contributed by atoms with van der Waals surface area (Å²) >= 11 is 0. The fourth-order valence-electron chi connectivity index (χ4n) is 2.38. The van der Waals surface area contributed by atoms with E-state index in [1.807, 2.05) is 0 Å². The normalized spacial score (nSPS) is 20.7. The van der Waals surface area contributed by atoms with Crippen molar-refractivity contribution in [1.29, 1.82) is 0 Å². The highest BCUT2D eigenvalue weighted by atomic mass is 16.1. The second-order valence-corrected chi connectivity index (χ2v) is 4.63. The van der Waals surface area contributed by atoms with Crippen LogP contribution in [0.15, 0.2) is 0 Å². The van der Waals surface area contributed by atoms with Gasteiger partial charge in [-0.05, 0) is 45.3 Å². The largest absolute Gasteiger partial charge is 0.358 e. The molecule has 0 aromatic heterocycles. The molecule has 1 amide bonds. The molecule has 0 bridgehead atoms. The lowest BCUT2D eigenvalue weighted by atomic mass is 9.90. The molecule has 2 N–H and O–H groups in total. The summed E-state index contributed by atoms with van der Waals surface area (Å²) in [4.78, 5) is 13.5. The molecule has 0 radical (unpaired) electrons. The highest BCUT2D eigenvalue weighted by Gasteiger charge is 2.23. The average molecular weight is 227 g/mol. The molecule has 0 spiro atoms. The van der Waals surface area contributed by atoms with Gasteiger partial charge in [0.2, 0.25) is 5.91 Å². The van der Waals surface area contributed by atoms with Gasteiger partial charge < -0.3 is 10.6 Å². The van der Waals surface area contributed by atoms with E-state index in [1.165, 1.54) is 12.8 Å². The Bertz CT molecular complexity index is 212. The molecule has 16 heavy (non-hydrogen) atoms. The van der Waals surface area contributed by atoms with Gasteiger partial charge in [-0.3, -0.25) is 9.69 Å². The van der Waals surface area contributed by atoms with E-state index in [2.05, 4.69) is 29.4 Å². The summed E-state index contributed by atoms with van der Waals surface area (Å²) in [6.07, 6.45) is 2.40. The molecule has 1 rings (SSSR count). The summed E-state index contributed by atoms with van der Waals surface area (Å²) in [5, 5.41) is 6.16. The van der Waals surface area contributed by atoms with Crippen LogP contribution in [0, 0.1) is 5.92 Å². The first-order valence-electron chi connectivity index (χ1n) is 6.33. The summed E-state index contributed by atoms with van der Waals surface area (Å²) < 4.78 is 0. The molecule has 1 aliphatic rings. The van der Waals surface area contributed by atoms with Crippen molar-refractivity contribution in [3.8, 4) is 0 Å². The van der Waals surface area contributed by atoms with Gasteiger partial charge in [-0.15, -0.1) is 0 Å². The number of nitrogens with one attached hydrogen (secondary N) is 2. The molecule has 4 heteroatoms. The van der Waals surface area contributed by atoms with Crippen molar-refractivity contribution in [1.82, 2.24) is 15.5 Å². The lowest BCUT2D eigenvalue weighted by Gasteiger charge is -2.34. The smallest absolute Gasteiger partial charge is 0.233 e. The second-order valence-electron chi connectivity index (χ2n) is 4.63. The molecule has 0 saturated carbocycles. The highest BCUT2D eigenvalue weighted by molar-refractivity contribution is 5.77. The summed E-state index contributed by atoms with van der Waals surface area (Å²) in [5.41, 5.74) is 0. The van der Waals surface area contributed by atoms with Crippen molar-refractivity contribution >= 4 is 5.91 Å². The van der Waals surface area contributed by atoms with Gasteiger partial charge in [-0.2, -0.15) is 0 Å². The molecule has 1 aliphatic heterocycles. The van der Waals surface area contributed by atoms with Crippen LogP contribution in [-0.4, -0.2) is 50.1 Å². The quantitative estimate of drug-likeness (QED) is 0.716. The zero-order valence-electron chi connectivity index (χ0n) is 10.8. The Hall–Kier alpha value is -0.610. The predicted octanol–water partition coefficient (Wildman–Crippen LogP) is 0.442. The van der Waals surface area contributed by atoms with Gasteiger partial charge in [0.05, 0.1) is 6.54 Å². The van der Waals surface area contributed by atoms with Crippen LogP contribution < -0.4 is 10.6 Å². The van der Waals surface area contributed by atoms with E-state index in [-0.39, 0.29) is 5.91 Å². The van der Waals surface area contributed by atoms with Crippen LogP contribution in [0.1, 0.15) is 26.7 Å².